The largest absolute Gasteiger partial charge is 0.336 e. The van der Waals surface area contributed by atoms with E-state index in [-0.39, 0.29) is 24.3 Å². The minimum absolute atomic E-state index is 0. The number of carbonyl (C=O) groups excluding carboxylic acids is 2. The van der Waals surface area contributed by atoms with E-state index in [4.69, 9.17) is 5.73 Å². The maximum atomic E-state index is 11.5. The quantitative estimate of drug-likeness (QED) is 0.771. The molecule has 1 aliphatic heterocycles. The molecule has 104 valence electrons. The number of amides is 3. The Bertz CT molecular complexity index is 479. The van der Waals surface area contributed by atoms with Crippen molar-refractivity contribution in [1.29, 1.82) is 0 Å². The maximum Gasteiger partial charge on any atom is 0.321 e. The van der Waals surface area contributed by atoms with E-state index >= 15 is 0 Å². The number of nitrogens with zero attached hydrogens (tertiary/aromatic N) is 1. The molecule has 0 spiro atoms. The zero-order chi connectivity index (χ0) is 13.1. The number of nitrogens with two attached hydrogens (primary N) is 1. The normalized spacial score (nSPS) is 15.5. The second kappa shape index (κ2) is 6.40. The van der Waals surface area contributed by atoms with Gasteiger partial charge in [-0.15, -0.1) is 12.4 Å². The third-order valence-corrected chi connectivity index (χ3v) is 2.70. The van der Waals surface area contributed by atoms with Crippen LogP contribution in [0.1, 0.15) is 6.92 Å². The number of rotatable bonds is 3. The van der Waals surface area contributed by atoms with Gasteiger partial charge in [0, 0.05) is 24.5 Å². The van der Waals surface area contributed by atoms with Crippen molar-refractivity contribution in [2.24, 2.45) is 5.73 Å². The van der Waals surface area contributed by atoms with Crippen LogP contribution < -0.4 is 21.3 Å². The van der Waals surface area contributed by atoms with Crippen LogP contribution in [-0.2, 0) is 4.79 Å². The SMILES string of the molecule is CC(N)C(=O)Nc1cccc(N2CCNC2=O)c1.Cl. The first-order valence-electron chi connectivity index (χ1n) is 5.80. The standard InChI is InChI=1S/C12H16N4O2.ClH/c1-8(13)11(17)15-9-3-2-4-10(7-9)16-6-5-14-12(16)18;/h2-4,7-8H,5-6,13H2,1H3,(H,14,18)(H,15,17);1H. The van der Waals surface area contributed by atoms with Crippen molar-refractivity contribution in [3.05, 3.63) is 24.3 Å². The molecule has 7 heteroatoms. The first-order chi connectivity index (χ1) is 8.58. The fourth-order valence-corrected chi connectivity index (χ4v) is 1.73. The molecule has 1 unspecified atom stereocenters. The van der Waals surface area contributed by atoms with Gasteiger partial charge in [0.05, 0.1) is 6.04 Å². The van der Waals surface area contributed by atoms with E-state index < -0.39 is 6.04 Å². The molecule has 1 atom stereocenters. The summed E-state index contributed by atoms with van der Waals surface area (Å²) in [7, 11) is 0. The summed E-state index contributed by atoms with van der Waals surface area (Å²) in [5.74, 6) is -0.252. The summed E-state index contributed by atoms with van der Waals surface area (Å²) in [6.07, 6.45) is 0. The lowest BCUT2D eigenvalue weighted by Crippen LogP contribution is -2.32. The Morgan fingerprint density at radius 1 is 1.53 bits per heavy atom. The van der Waals surface area contributed by atoms with Crippen LogP contribution in [0.2, 0.25) is 0 Å². The van der Waals surface area contributed by atoms with Gasteiger partial charge in [-0.3, -0.25) is 9.69 Å². The number of halogens is 1. The smallest absolute Gasteiger partial charge is 0.321 e. The van der Waals surface area contributed by atoms with Crippen LogP contribution in [0, 0.1) is 0 Å². The van der Waals surface area contributed by atoms with Crippen LogP contribution in [-0.4, -0.2) is 31.1 Å². The Balaban J connectivity index is 0.00000180. The fourth-order valence-electron chi connectivity index (χ4n) is 1.73. The topological polar surface area (TPSA) is 87.5 Å². The highest BCUT2D eigenvalue weighted by Gasteiger charge is 2.21. The summed E-state index contributed by atoms with van der Waals surface area (Å²) in [4.78, 5) is 24.6. The molecule has 1 aliphatic rings. The third kappa shape index (κ3) is 3.59. The van der Waals surface area contributed by atoms with Crippen molar-refractivity contribution >= 4 is 35.7 Å². The lowest BCUT2D eigenvalue weighted by Gasteiger charge is -2.16. The van der Waals surface area contributed by atoms with Crippen LogP contribution in [0.15, 0.2) is 24.3 Å². The number of hydrogen-bond donors (Lipinski definition) is 3. The van der Waals surface area contributed by atoms with E-state index in [1.54, 1.807) is 30.0 Å². The number of nitrogens with one attached hydrogen (secondary N) is 2. The number of urea groups is 1. The third-order valence-electron chi connectivity index (χ3n) is 2.70. The molecule has 19 heavy (non-hydrogen) atoms. The van der Waals surface area contributed by atoms with Crippen molar-refractivity contribution in [2.45, 2.75) is 13.0 Å². The summed E-state index contributed by atoms with van der Waals surface area (Å²) < 4.78 is 0. The minimum Gasteiger partial charge on any atom is -0.336 e. The molecular formula is C12H17ClN4O2. The summed E-state index contributed by atoms with van der Waals surface area (Å²) in [5, 5.41) is 5.42. The van der Waals surface area contributed by atoms with Crippen LogP contribution in [0.4, 0.5) is 16.2 Å². The molecule has 0 bridgehead atoms. The molecular weight excluding hydrogens is 268 g/mol. The Morgan fingerprint density at radius 3 is 2.84 bits per heavy atom. The molecule has 3 amide bonds. The second-order valence-electron chi connectivity index (χ2n) is 4.21. The minimum atomic E-state index is -0.566. The van der Waals surface area contributed by atoms with Gasteiger partial charge in [0.1, 0.15) is 0 Å². The highest BCUT2D eigenvalue weighted by atomic mass is 35.5. The molecule has 2 rings (SSSR count). The number of anilines is 2. The first-order valence-corrected chi connectivity index (χ1v) is 5.80. The molecule has 4 N–H and O–H groups in total. The van der Waals surface area contributed by atoms with Crippen molar-refractivity contribution in [3.63, 3.8) is 0 Å². The zero-order valence-electron chi connectivity index (χ0n) is 10.6. The van der Waals surface area contributed by atoms with E-state index in [9.17, 15) is 9.59 Å². The Hall–Kier alpha value is -1.79. The highest BCUT2D eigenvalue weighted by Crippen LogP contribution is 2.20. The van der Waals surface area contributed by atoms with E-state index in [0.717, 1.165) is 5.69 Å². The monoisotopic (exact) mass is 284 g/mol. The van der Waals surface area contributed by atoms with Crippen molar-refractivity contribution in [3.8, 4) is 0 Å². The van der Waals surface area contributed by atoms with Gasteiger partial charge in [0.15, 0.2) is 0 Å². The van der Waals surface area contributed by atoms with E-state index in [1.807, 2.05) is 6.07 Å². The Morgan fingerprint density at radius 2 is 2.26 bits per heavy atom. The Labute approximate surface area is 117 Å². The molecule has 0 radical (unpaired) electrons. The zero-order valence-corrected chi connectivity index (χ0v) is 11.4. The second-order valence-corrected chi connectivity index (χ2v) is 4.21. The summed E-state index contributed by atoms with van der Waals surface area (Å²) in [6.45, 7) is 2.88. The lowest BCUT2D eigenvalue weighted by molar-refractivity contribution is -0.117. The van der Waals surface area contributed by atoms with Gasteiger partial charge in [0.2, 0.25) is 5.91 Å². The molecule has 1 aromatic carbocycles. The van der Waals surface area contributed by atoms with Gasteiger partial charge in [-0.2, -0.15) is 0 Å². The average Bonchev–Trinajstić information content (AvgIpc) is 2.75. The molecule has 0 aromatic heterocycles. The summed E-state index contributed by atoms with van der Waals surface area (Å²) in [6, 6.07) is 6.45. The fraction of sp³-hybridized carbons (Fsp3) is 0.333. The summed E-state index contributed by atoms with van der Waals surface area (Å²) in [5.41, 5.74) is 6.87. The molecule has 1 aromatic rings. The van der Waals surface area contributed by atoms with Crippen LogP contribution in [0.25, 0.3) is 0 Å². The van der Waals surface area contributed by atoms with Crippen LogP contribution in [0.3, 0.4) is 0 Å². The van der Waals surface area contributed by atoms with E-state index in [1.165, 1.54) is 0 Å². The predicted molar refractivity (Wildman–Crippen MR) is 76.7 cm³/mol. The maximum absolute atomic E-state index is 11.5. The van der Waals surface area contributed by atoms with E-state index in [2.05, 4.69) is 10.6 Å². The molecule has 1 saturated heterocycles. The van der Waals surface area contributed by atoms with Crippen molar-refractivity contribution in [1.82, 2.24) is 5.32 Å². The van der Waals surface area contributed by atoms with Crippen molar-refractivity contribution in [2.75, 3.05) is 23.3 Å². The molecule has 0 aliphatic carbocycles. The van der Waals surface area contributed by atoms with Gasteiger partial charge in [-0.05, 0) is 25.1 Å². The predicted octanol–water partition coefficient (Wildman–Crippen LogP) is 0.924. The summed E-state index contributed by atoms with van der Waals surface area (Å²) >= 11 is 0. The van der Waals surface area contributed by atoms with Gasteiger partial charge >= 0.3 is 6.03 Å². The molecule has 1 heterocycles. The average molecular weight is 285 g/mol. The van der Waals surface area contributed by atoms with Gasteiger partial charge in [-0.1, -0.05) is 6.07 Å². The number of carbonyl (C=O) groups is 2. The van der Waals surface area contributed by atoms with Crippen molar-refractivity contribution < 1.29 is 9.59 Å². The van der Waals surface area contributed by atoms with Gasteiger partial charge in [0.25, 0.3) is 0 Å². The molecule has 1 fully saturated rings. The van der Waals surface area contributed by atoms with Crippen LogP contribution >= 0.6 is 12.4 Å². The van der Waals surface area contributed by atoms with Gasteiger partial charge < -0.3 is 16.4 Å². The highest BCUT2D eigenvalue weighted by molar-refractivity contribution is 5.97. The first kappa shape index (κ1) is 15.3. The van der Waals surface area contributed by atoms with Crippen LogP contribution in [0.5, 0.6) is 0 Å². The van der Waals surface area contributed by atoms with E-state index in [0.29, 0.717) is 18.8 Å². The molecule has 6 nitrogen and oxygen atoms in total. The van der Waals surface area contributed by atoms with Gasteiger partial charge in [-0.25, -0.2) is 4.79 Å². The number of benzene rings is 1. The Kier molecular flexibility index (Phi) is 5.14. The molecule has 0 saturated carbocycles. The lowest BCUT2D eigenvalue weighted by atomic mass is 10.2. The number of hydrogen-bond acceptors (Lipinski definition) is 3.